The Labute approximate surface area is 221 Å². The molecule has 0 saturated carbocycles. The van der Waals surface area contributed by atoms with Gasteiger partial charge in [0.2, 0.25) is 5.91 Å². The normalized spacial score (nSPS) is 17.3. The minimum atomic E-state index is -4.64. The van der Waals surface area contributed by atoms with Gasteiger partial charge in [-0.2, -0.15) is 18.3 Å². The van der Waals surface area contributed by atoms with Gasteiger partial charge in [0.15, 0.2) is 5.78 Å². The third-order valence-electron chi connectivity index (χ3n) is 6.92. The molecule has 5 rings (SSSR count). The average molecular weight is 538 g/mol. The number of para-hydroxylation sites is 1. The number of aliphatic hydroxyl groups excluding tert-OH is 1. The summed E-state index contributed by atoms with van der Waals surface area (Å²) in [5, 5.41) is 14.9. The second-order valence-electron chi connectivity index (χ2n) is 9.32. The van der Waals surface area contributed by atoms with Crippen LogP contribution in [0.2, 0.25) is 0 Å². The molecule has 200 valence electrons. The SMILES string of the molecule is Cc1nn(-c2ccccc2)c2c1[C@H](c1ccc(F)cc1)[C@H](CC(=O)c1cccc(C(F)(F)F)c1)C(=O)N2CO. The van der Waals surface area contributed by atoms with Crippen molar-refractivity contribution in [2.75, 3.05) is 11.6 Å². The van der Waals surface area contributed by atoms with E-state index in [1.165, 1.54) is 35.0 Å². The number of Topliss-reactive ketones (excluding diaryl/α,β-unsaturated/α-hetero) is 1. The largest absolute Gasteiger partial charge is 0.416 e. The van der Waals surface area contributed by atoms with Crippen LogP contribution in [0.1, 0.15) is 45.1 Å². The van der Waals surface area contributed by atoms with Crippen molar-refractivity contribution in [1.82, 2.24) is 9.78 Å². The highest BCUT2D eigenvalue weighted by molar-refractivity contribution is 6.04. The molecule has 0 saturated heterocycles. The summed E-state index contributed by atoms with van der Waals surface area (Å²) >= 11 is 0. The van der Waals surface area contributed by atoms with Crippen molar-refractivity contribution >= 4 is 17.5 Å². The smallest absolute Gasteiger partial charge is 0.376 e. The maximum absolute atomic E-state index is 13.9. The molecular formula is C29H23F4N3O3. The number of anilines is 1. The average Bonchev–Trinajstić information content (AvgIpc) is 3.26. The second-order valence-corrected chi connectivity index (χ2v) is 9.32. The molecule has 1 aliphatic rings. The lowest BCUT2D eigenvalue weighted by molar-refractivity contribution is -0.137. The number of carbonyl (C=O) groups excluding carboxylic acids is 2. The molecule has 39 heavy (non-hydrogen) atoms. The molecule has 2 heterocycles. The molecule has 1 amide bonds. The summed E-state index contributed by atoms with van der Waals surface area (Å²) < 4.78 is 55.2. The van der Waals surface area contributed by atoms with Crippen molar-refractivity contribution in [1.29, 1.82) is 0 Å². The summed E-state index contributed by atoms with van der Waals surface area (Å²) in [4.78, 5) is 28.3. The molecule has 1 N–H and O–H groups in total. The molecule has 10 heteroatoms. The van der Waals surface area contributed by atoms with Crippen molar-refractivity contribution in [3.05, 3.63) is 113 Å². The lowest BCUT2D eigenvalue weighted by Gasteiger charge is -2.37. The summed E-state index contributed by atoms with van der Waals surface area (Å²) in [7, 11) is 0. The van der Waals surface area contributed by atoms with Gasteiger partial charge in [-0.1, -0.05) is 42.5 Å². The van der Waals surface area contributed by atoms with Gasteiger partial charge >= 0.3 is 6.18 Å². The van der Waals surface area contributed by atoms with Crippen LogP contribution >= 0.6 is 0 Å². The van der Waals surface area contributed by atoms with Crippen molar-refractivity contribution in [2.24, 2.45) is 5.92 Å². The van der Waals surface area contributed by atoms with E-state index >= 15 is 0 Å². The van der Waals surface area contributed by atoms with E-state index in [9.17, 15) is 32.3 Å². The van der Waals surface area contributed by atoms with Gasteiger partial charge < -0.3 is 5.11 Å². The Morgan fingerprint density at radius 3 is 2.33 bits per heavy atom. The molecule has 4 aromatic rings. The molecular weight excluding hydrogens is 514 g/mol. The van der Waals surface area contributed by atoms with E-state index in [1.807, 2.05) is 6.07 Å². The summed E-state index contributed by atoms with van der Waals surface area (Å²) in [5.74, 6) is -3.32. The van der Waals surface area contributed by atoms with E-state index in [4.69, 9.17) is 0 Å². The predicted molar refractivity (Wildman–Crippen MR) is 135 cm³/mol. The number of aromatic nitrogens is 2. The van der Waals surface area contributed by atoms with Gasteiger partial charge in [0, 0.05) is 23.5 Å². The number of aryl methyl sites for hydroxylation is 1. The summed E-state index contributed by atoms with van der Waals surface area (Å²) in [6.07, 6.45) is -5.08. The number of alkyl halides is 3. The van der Waals surface area contributed by atoms with E-state index in [0.717, 1.165) is 23.1 Å². The molecule has 2 atom stereocenters. The molecule has 1 aliphatic heterocycles. The van der Waals surface area contributed by atoms with Crippen LogP contribution in [-0.4, -0.2) is 33.3 Å². The van der Waals surface area contributed by atoms with E-state index in [2.05, 4.69) is 5.10 Å². The van der Waals surface area contributed by atoms with Gasteiger partial charge in [0.05, 0.1) is 22.9 Å². The fraction of sp³-hybridized carbons (Fsp3) is 0.207. The number of aliphatic hydroxyl groups is 1. The first-order chi connectivity index (χ1) is 18.6. The fourth-order valence-corrected chi connectivity index (χ4v) is 5.15. The van der Waals surface area contributed by atoms with Crippen molar-refractivity contribution in [3.8, 4) is 5.69 Å². The Balaban J connectivity index is 1.65. The highest BCUT2D eigenvalue weighted by atomic mass is 19.4. The van der Waals surface area contributed by atoms with Crippen molar-refractivity contribution in [2.45, 2.75) is 25.4 Å². The van der Waals surface area contributed by atoms with Crippen LogP contribution in [0, 0.1) is 18.7 Å². The predicted octanol–water partition coefficient (Wildman–Crippen LogP) is 5.66. The monoisotopic (exact) mass is 537 g/mol. The zero-order valence-electron chi connectivity index (χ0n) is 20.7. The molecule has 3 aromatic carbocycles. The number of halogens is 4. The number of nitrogens with zero attached hydrogens (tertiary/aromatic N) is 3. The number of rotatable bonds is 6. The van der Waals surface area contributed by atoms with E-state index in [1.54, 1.807) is 31.2 Å². The van der Waals surface area contributed by atoms with Crippen LogP contribution < -0.4 is 4.90 Å². The van der Waals surface area contributed by atoms with Crippen LogP contribution in [0.5, 0.6) is 0 Å². The van der Waals surface area contributed by atoms with Crippen LogP contribution in [0.25, 0.3) is 5.69 Å². The van der Waals surface area contributed by atoms with Crippen molar-refractivity contribution in [3.63, 3.8) is 0 Å². The minimum Gasteiger partial charge on any atom is -0.376 e. The Bertz CT molecular complexity index is 1530. The zero-order chi connectivity index (χ0) is 27.9. The third kappa shape index (κ3) is 4.83. The fourth-order valence-electron chi connectivity index (χ4n) is 5.15. The van der Waals surface area contributed by atoms with Gasteiger partial charge in [-0.25, -0.2) is 9.07 Å². The lowest BCUT2D eigenvalue weighted by Crippen LogP contribution is -2.45. The quantitative estimate of drug-likeness (QED) is 0.255. The Hall–Kier alpha value is -4.31. The van der Waals surface area contributed by atoms with Crippen LogP contribution in [0.3, 0.4) is 0 Å². The Morgan fingerprint density at radius 2 is 1.69 bits per heavy atom. The maximum Gasteiger partial charge on any atom is 0.416 e. The first kappa shape index (κ1) is 26.3. The first-order valence-corrected chi connectivity index (χ1v) is 12.1. The lowest BCUT2D eigenvalue weighted by atomic mass is 9.74. The number of benzene rings is 3. The van der Waals surface area contributed by atoms with Crippen molar-refractivity contribution < 1.29 is 32.3 Å². The van der Waals surface area contributed by atoms with Gasteiger partial charge in [0.25, 0.3) is 0 Å². The highest BCUT2D eigenvalue weighted by Gasteiger charge is 2.46. The minimum absolute atomic E-state index is 0.187. The van der Waals surface area contributed by atoms with Crippen LogP contribution in [0.15, 0.2) is 78.9 Å². The molecule has 6 nitrogen and oxygen atoms in total. The van der Waals surface area contributed by atoms with E-state index < -0.39 is 54.2 Å². The molecule has 0 unspecified atom stereocenters. The number of fused-ring (bicyclic) bond motifs is 1. The van der Waals surface area contributed by atoms with Gasteiger partial charge in [-0.3, -0.25) is 14.5 Å². The molecule has 0 radical (unpaired) electrons. The highest BCUT2D eigenvalue weighted by Crippen LogP contribution is 2.47. The molecule has 0 spiro atoms. The molecule has 0 bridgehead atoms. The van der Waals surface area contributed by atoms with E-state index in [0.29, 0.717) is 28.3 Å². The summed E-state index contributed by atoms with van der Waals surface area (Å²) in [6.45, 7) is 1.01. The number of amides is 1. The Kier molecular flexibility index (Phi) is 6.82. The van der Waals surface area contributed by atoms with E-state index in [-0.39, 0.29) is 5.56 Å². The number of hydrogen-bond donors (Lipinski definition) is 1. The first-order valence-electron chi connectivity index (χ1n) is 12.1. The molecule has 0 fully saturated rings. The zero-order valence-corrected chi connectivity index (χ0v) is 20.7. The second kappa shape index (κ2) is 10.1. The number of hydrogen-bond acceptors (Lipinski definition) is 4. The topological polar surface area (TPSA) is 75.4 Å². The van der Waals surface area contributed by atoms with Gasteiger partial charge in [-0.05, 0) is 48.9 Å². The van der Waals surface area contributed by atoms with Gasteiger partial charge in [0.1, 0.15) is 18.4 Å². The number of ketones is 1. The number of carbonyl (C=O) groups is 2. The summed E-state index contributed by atoms with van der Waals surface area (Å²) in [6, 6.07) is 18.5. The van der Waals surface area contributed by atoms with Gasteiger partial charge in [-0.15, -0.1) is 0 Å². The Morgan fingerprint density at radius 1 is 1.00 bits per heavy atom. The third-order valence-corrected chi connectivity index (χ3v) is 6.92. The standard InChI is InChI=1S/C29H23F4N3O3/c1-17-25-26(18-10-12-21(30)13-11-18)23(15-24(38)19-6-5-7-20(14-19)29(31,32)33)28(39)35(16-37)27(25)36(34-17)22-8-3-2-4-9-22/h2-14,23,26,37H,15-16H2,1H3/t23-,26+/m0/s1. The summed E-state index contributed by atoms with van der Waals surface area (Å²) in [5.41, 5.74) is 1.07. The van der Waals surface area contributed by atoms with Crippen LogP contribution in [0.4, 0.5) is 23.4 Å². The van der Waals surface area contributed by atoms with Crippen LogP contribution in [-0.2, 0) is 11.0 Å². The maximum atomic E-state index is 13.9. The molecule has 1 aromatic heterocycles. The molecule has 0 aliphatic carbocycles.